The molecule has 4 fully saturated rings. The van der Waals surface area contributed by atoms with Gasteiger partial charge in [0.1, 0.15) is 0 Å². The Balaban J connectivity index is 1.45. The number of sulfonamides is 1. The number of carbonyl (C=O) groups excluding carboxylic acids is 1. The Labute approximate surface area is 178 Å². The van der Waals surface area contributed by atoms with Crippen molar-refractivity contribution < 1.29 is 22.7 Å². The number of ether oxygens (including phenoxy) is 2. The normalized spacial score (nSPS) is 35.2. The SMILES string of the molecule is CC1(c2ccccc2/C=C/C(=O)N2[C@@H]3C[C@H]4CC[C@]3(CS2(=O)=O)C4(C)C)OCCO1. The molecule has 2 saturated heterocycles. The highest BCUT2D eigenvalue weighted by Gasteiger charge is 2.72. The summed E-state index contributed by atoms with van der Waals surface area (Å²) in [6.07, 6.45) is 5.81. The minimum Gasteiger partial charge on any atom is -0.344 e. The number of hydrogen-bond acceptors (Lipinski definition) is 5. The standard InChI is InChI=1S/C23H29NO5S/c1-21(2)17-10-11-23(21)15-30(26,27)24(19(23)14-17)20(25)9-8-16-6-4-5-7-18(16)22(3)28-12-13-29-22/h4-9,17,19H,10-15H2,1-3H3/b9-8+/t17-,19-,23-/m1/s1. The molecule has 0 radical (unpaired) electrons. The maximum Gasteiger partial charge on any atom is 0.260 e. The molecule has 1 aromatic rings. The average Bonchev–Trinajstić information content (AvgIpc) is 3.35. The second-order valence-electron chi connectivity index (χ2n) is 9.82. The molecule has 2 saturated carbocycles. The smallest absolute Gasteiger partial charge is 0.260 e. The molecule has 2 aliphatic heterocycles. The third kappa shape index (κ3) is 2.61. The predicted molar refractivity (Wildman–Crippen MR) is 113 cm³/mol. The van der Waals surface area contributed by atoms with Crippen molar-refractivity contribution in [3.8, 4) is 0 Å². The zero-order valence-corrected chi connectivity index (χ0v) is 18.6. The van der Waals surface area contributed by atoms with Crippen LogP contribution in [-0.4, -0.2) is 43.6 Å². The van der Waals surface area contributed by atoms with Gasteiger partial charge in [-0.1, -0.05) is 38.1 Å². The molecule has 1 amide bonds. The van der Waals surface area contributed by atoms with Crippen LogP contribution in [0.25, 0.3) is 6.08 Å². The Morgan fingerprint density at radius 3 is 2.57 bits per heavy atom. The van der Waals surface area contributed by atoms with E-state index < -0.39 is 21.7 Å². The van der Waals surface area contributed by atoms with Crippen molar-refractivity contribution in [2.45, 2.75) is 51.9 Å². The quantitative estimate of drug-likeness (QED) is 0.687. The Hall–Kier alpha value is -1.70. The van der Waals surface area contributed by atoms with Gasteiger partial charge in [-0.15, -0.1) is 0 Å². The third-order valence-electron chi connectivity index (χ3n) is 8.32. The lowest BCUT2D eigenvalue weighted by Crippen LogP contribution is -2.43. The highest BCUT2D eigenvalue weighted by Crippen LogP contribution is 2.69. The highest BCUT2D eigenvalue weighted by molar-refractivity contribution is 7.90. The van der Waals surface area contributed by atoms with Crippen molar-refractivity contribution in [3.05, 3.63) is 41.5 Å². The Morgan fingerprint density at radius 1 is 1.17 bits per heavy atom. The van der Waals surface area contributed by atoms with Gasteiger partial charge in [0.05, 0.1) is 25.0 Å². The number of carbonyl (C=O) groups is 1. The van der Waals surface area contributed by atoms with Crippen LogP contribution in [0.3, 0.4) is 0 Å². The molecule has 30 heavy (non-hydrogen) atoms. The fourth-order valence-electron chi connectivity index (χ4n) is 6.54. The first-order valence-corrected chi connectivity index (χ1v) is 12.3. The molecule has 162 valence electrons. The van der Waals surface area contributed by atoms with Gasteiger partial charge in [-0.25, -0.2) is 12.7 Å². The summed E-state index contributed by atoms with van der Waals surface area (Å²) in [6.45, 7) is 7.26. The van der Waals surface area contributed by atoms with Gasteiger partial charge in [0, 0.05) is 17.1 Å². The van der Waals surface area contributed by atoms with Gasteiger partial charge in [0.15, 0.2) is 5.79 Å². The fourth-order valence-corrected chi connectivity index (χ4v) is 9.05. The molecular formula is C23H29NO5S. The summed E-state index contributed by atoms with van der Waals surface area (Å²) >= 11 is 0. The van der Waals surface area contributed by atoms with E-state index in [2.05, 4.69) is 13.8 Å². The van der Waals surface area contributed by atoms with Crippen LogP contribution in [-0.2, 0) is 30.1 Å². The molecule has 4 aliphatic rings. The molecule has 2 bridgehead atoms. The van der Waals surface area contributed by atoms with Crippen LogP contribution in [0.5, 0.6) is 0 Å². The summed E-state index contributed by atoms with van der Waals surface area (Å²) in [7, 11) is -3.62. The molecule has 3 atom stereocenters. The first kappa shape index (κ1) is 20.2. The summed E-state index contributed by atoms with van der Waals surface area (Å²) < 4.78 is 38.8. The Morgan fingerprint density at radius 2 is 1.87 bits per heavy atom. The summed E-state index contributed by atoms with van der Waals surface area (Å²) in [5.74, 6) is -0.741. The third-order valence-corrected chi connectivity index (χ3v) is 10.2. The van der Waals surface area contributed by atoms with E-state index in [9.17, 15) is 13.2 Å². The van der Waals surface area contributed by atoms with Gasteiger partial charge < -0.3 is 9.47 Å². The zero-order chi connectivity index (χ0) is 21.4. The molecule has 5 rings (SSSR count). The largest absolute Gasteiger partial charge is 0.344 e. The summed E-state index contributed by atoms with van der Waals surface area (Å²) in [5, 5.41) is 0. The second kappa shape index (κ2) is 6.40. The van der Waals surface area contributed by atoms with Crippen LogP contribution in [0.4, 0.5) is 0 Å². The van der Waals surface area contributed by atoms with Crippen molar-refractivity contribution in [2.24, 2.45) is 16.7 Å². The summed E-state index contributed by atoms with van der Waals surface area (Å²) in [5.41, 5.74) is 1.25. The highest BCUT2D eigenvalue weighted by atomic mass is 32.2. The van der Waals surface area contributed by atoms with Gasteiger partial charge in [0.2, 0.25) is 10.0 Å². The van der Waals surface area contributed by atoms with Crippen LogP contribution in [0.1, 0.15) is 51.2 Å². The van der Waals surface area contributed by atoms with E-state index in [0.29, 0.717) is 19.1 Å². The predicted octanol–water partition coefficient (Wildman–Crippen LogP) is 3.29. The lowest BCUT2D eigenvalue weighted by Gasteiger charge is -2.36. The zero-order valence-electron chi connectivity index (χ0n) is 17.8. The van der Waals surface area contributed by atoms with E-state index in [1.165, 1.54) is 10.4 Å². The van der Waals surface area contributed by atoms with E-state index in [-0.39, 0.29) is 22.6 Å². The molecule has 7 heteroatoms. The number of nitrogens with zero attached hydrogens (tertiary/aromatic N) is 1. The lowest BCUT2D eigenvalue weighted by molar-refractivity contribution is -0.149. The fraction of sp³-hybridized carbons (Fsp3) is 0.609. The molecule has 2 aliphatic carbocycles. The van der Waals surface area contributed by atoms with Crippen molar-refractivity contribution >= 4 is 22.0 Å². The molecule has 0 unspecified atom stereocenters. The number of benzene rings is 1. The van der Waals surface area contributed by atoms with E-state index in [0.717, 1.165) is 30.4 Å². The second-order valence-corrected chi connectivity index (χ2v) is 11.7. The first-order chi connectivity index (χ1) is 14.1. The maximum atomic E-state index is 13.2. The monoisotopic (exact) mass is 431 g/mol. The number of amides is 1. The number of rotatable bonds is 3. The average molecular weight is 432 g/mol. The molecule has 1 spiro atoms. The van der Waals surface area contributed by atoms with Crippen LogP contribution in [0, 0.1) is 16.7 Å². The minimum absolute atomic E-state index is 0.0537. The molecular weight excluding hydrogens is 402 g/mol. The van der Waals surface area contributed by atoms with Gasteiger partial charge in [-0.2, -0.15) is 0 Å². The molecule has 2 heterocycles. The van der Waals surface area contributed by atoms with Crippen LogP contribution in [0.2, 0.25) is 0 Å². The van der Waals surface area contributed by atoms with Gasteiger partial charge in [0.25, 0.3) is 5.91 Å². The molecule has 6 nitrogen and oxygen atoms in total. The molecule has 0 aromatic heterocycles. The van der Waals surface area contributed by atoms with Gasteiger partial charge >= 0.3 is 0 Å². The van der Waals surface area contributed by atoms with E-state index in [4.69, 9.17) is 9.47 Å². The lowest BCUT2D eigenvalue weighted by atomic mass is 9.69. The maximum absolute atomic E-state index is 13.2. The number of fused-ring (bicyclic) bond motifs is 1. The van der Waals surface area contributed by atoms with Crippen molar-refractivity contribution in [3.63, 3.8) is 0 Å². The summed E-state index contributed by atoms with van der Waals surface area (Å²) in [6, 6.07) is 7.36. The molecule has 1 aromatic carbocycles. The number of hydrogen-bond donors (Lipinski definition) is 0. The van der Waals surface area contributed by atoms with E-state index in [1.54, 1.807) is 6.08 Å². The van der Waals surface area contributed by atoms with E-state index in [1.807, 2.05) is 31.2 Å². The van der Waals surface area contributed by atoms with E-state index >= 15 is 0 Å². The van der Waals surface area contributed by atoms with Crippen LogP contribution in [0.15, 0.2) is 30.3 Å². The van der Waals surface area contributed by atoms with Crippen LogP contribution >= 0.6 is 0 Å². The van der Waals surface area contributed by atoms with Gasteiger partial charge in [-0.3, -0.25) is 4.79 Å². The first-order valence-electron chi connectivity index (χ1n) is 10.7. The Kier molecular flexibility index (Phi) is 4.32. The van der Waals surface area contributed by atoms with Crippen molar-refractivity contribution in [1.82, 2.24) is 4.31 Å². The van der Waals surface area contributed by atoms with Crippen molar-refractivity contribution in [1.29, 1.82) is 0 Å². The van der Waals surface area contributed by atoms with Gasteiger partial charge in [-0.05, 0) is 49.2 Å². The van der Waals surface area contributed by atoms with Crippen LogP contribution < -0.4 is 0 Å². The Bertz CT molecular complexity index is 1020. The van der Waals surface area contributed by atoms with Crippen molar-refractivity contribution in [2.75, 3.05) is 19.0 Å². The minimum atomic E-state index is -3.62. The summed E-state index contributed by atoms with van der Waals surface area (Å²) in [4.78, 5) is 13.2. The molecule has 0 N–H and O–H groups in total. The topological polar surface area (TPSA) is 72.9 Å².